The van der Waals surface area contributed by atoms with Crippen LogP contribution in [0.3, 0.4) is 0 Å². The fraction of sp³-hybridized carbons (Fsp3) is 1.00. The summed E-state index contributed by atoms with van der Waals surface area (Å²) < 4.78 is 19.4. The standard InChI is InChI=1S/C7H15O10P/c8-1-2(9)6-4(11)3(10)5(12)7(16-6)17-18(13,14)15/h2-12H,1H2,(H2,13,14,15)/t2?,3-,4-,5-,6+,7-/m0/s1. The smallest absolute Gasteiger partial charge is 0.394 e. The third-order valence-corrected chi connectivity index (χ3v) is 2.90. The maximum atomic E-state index is 10.6. The van der Waals surface area contributed by atoms with Gasteiger partial charge in [0, 0.05) is 0 Å². The number of rotatable bonds is 4. The van der Waals surface area contributed by atoms with E-state index in [0.29, 0.717) is 0 Å². The normalized spacial score (nSPS) is 39.6. The lowest BCUT2D eigenvalue weighted by Crippen LogP contribution is -2.61. The third kappa shape index (κ3) is 3.68. The van der Waals surface area contributed by atoms with Crippen LogP contribution in [-0.4, -0.2) is 78.7 Å². The number of aliphatic hydroxyl groups is 5. The Balaban J connectivity index is 2.84. The zero-order valence-electron chi connectivity index (χ0n) is 8.97. The predicted octanol–water partition coefficient (Wildman–Crippen LogP) is -3.74. The molecule has 0 aliphatic carbocycles. The average molecular weight is 290 g/mol. The summed E-state index contributed by atoms with van der Waals surface area (Å²) in [6, 6.07) is 0. The fourth-order valence-electron chi connectivity index (χ4n) is 1.52. The van der Waals surface area contributed by atoms with Gasteiger partial charge in [-0.15, -0.1) is 0 Å². The summed E-state index contributed by atoms with van der Waals surface area (Å²) in [4.78, 5) is 17.1. The van der Waals surface area contributed by atoms with E-state index in [1.165, 1.54) is 0 Å². The summed E-state index contributed by atoms with van der Waals surface area (Å²) >= 11 is 0. The van der Waals surface area contributed by atoms with E-state index < -0.39 is 51.2 Å². The molecule has 1 heterocycles. The zero-order valence-corrected chi connectivity index (χ0v) is 9.87. The van der Waals surface area contributed by atoms with Gasteiger partial charge in [-0.2, -0.15) is 0 Å². The topological polar surface area (TPSA) is 177 Å². The molecule has 10 nitrogen and oxygen atoms in total. The van der Waals surface area contributed by atoms with Crippen molar-refractivity contribution in [3.05, 3.63) is 0 Å². The molecule has 0 radical (unpaired) electrons. The van der Waals surface area contributed by atoms with E-state index in [9.17, 15) is 25.0 Å². The first-order chi connectivity index (χ1) is 8.17. The van der Waals surface area contributed by atoms with Crippen LogP contribution in [0.2, 0.25) is 0 Å². The van der Waals surface area contributed by atoms with Crippen molar-refractivity contribution < 1.29 is 49.1 Å². The second-order valence-corrected chi connectivity index (χ2v) is 4.98. The lowest BCUT2D eigenvalue weighted by atomic mass is 9.96. The van der Waals surface area contributed by atoms with E-state index >= 15 is 0 Å². The highest BCUT2D eigenvalue weighted by atomic mass is 31.2. The average Bonchev–Trinajstić information content (AvgIpc) is 2.27. The van der Waals surface area contributed by atoms with E-state index in [4.69, 9.17) is 19.6 Å². The van der Waals surface area contributed by atoms with Crippen molar-refractivity contribution in [2.45, 2.75) is 36.8 Å². The molecule has 6 atom stereocenters. The Morgan fingerprint density at radius 2 is 1.72 bits per heavy atom. The molecule has 1 fully saturated rings. The highest BCUT2D eigenvalue weighted by Crippen LogP contribution is 2.40. The van der Waals surface area contributed by atoms with Gasteiger partial charge in [-0.25, -0.2) is 4.57 Å². The van der Waals surface area contributed by atoms with Crippen LogP contribution in [-0.2, 0) is 13.8 Å². The number of phosphoric acid groups is 1. The van der Waals surface area contributed by atoms with E-state index in [-0.39, 0.29) is 0 Å². The van der Waals surface area contributed by atoms with Crippen molar-refractivity contribution in [3.63, 3.8) is 0 Å². The van der Waals surface area contributed by atoms with Crippen LogP contribution >= 0.6 is 7.82 Å². The molecular formula is C7H15O10P. The van der Waals surface area contributed by atoms with Gasteiger partial charge in [-0.3, -0.25) is 4.52 Å². The summed E-state index contributed by atoms with van der Waals surface area (Å²) in [7, 11) is -5.00. The number of hydrogen-bond acceptors (Lipinski definition) is 8. The van der Waals surface area contributed by atoms with Crippen molar-refractivity contribution in [2.24, 2.45) is 0 Å². The molecule has 0 aromatic rings. The maximum Gasteiger partial charge on any atom is 0.472 e. The van der Waals surface area contributed by atoms with Crippen LogP contribution < -0.4 is 0 Å². The van der Waals surface area contributed by atoms with Crippen LogP contribution in [0.15, 0.2) is 0 Å². The molecule has 18 heavy (non-hydrogen) atoms. The SMILES string of the molecule is O=P(O)(O)O[C@@H]1O[C@H](C(O)CO)[C@@H](O)[C@H](O)[C@@H]1O. The molecule has 11 heteroatoms. The zero-order chi connectivity index (χ0) is 14.1. The lowest BCUT2D eigenvalue weighted by molar-refractivity contribution is -0.293. The van der Waals surface area contributed by atoms with Gasteiger partial charge in [-0.05, 0) is 0 Å². The minimum absolute atomic E-state index is 0.826. The van der Waals surface area contributed by atoms with Gasteiger partial charge in [0.25, 0.3) is 0 Å². The second-order valence-electron chi connectivity index (χ2n) is 3.79. The third-order valence-electron chi connectivity index (χ3n) is 2.41. The van der Waals surface area contributed by atoms with Crippen LogP contribution in [0, 0.1) is 0 Å². The summed E-state index contributed by atoms with van der Waals surface area (Å²) in [6.45, 7) is -0.826. The van der Waals surface area contributed by atoms with Crippen molar-refractivity contribution in [3.8, 4) is 0 Å². The summed E-state index contributed by atoms with van der Waals surface area (Å²) in [5, 5.41) is 46.3. The van der Waals surface area contributed by atoms with Gasteiger partial charge >= 0.3 is 7.82 Å². The largest absolute Gasteiger partial charge is 0.472 e. The minimum Gasteiger partial charge on any atom is -0.394 e. The molecule has 1 saturated heterocycles. The summed E-state index contributed by atoms with van der Waals surface area (Å²) in [6.07, 6.45) is -10.7. The van der Waals surface area contributed by atoms with Crippen molar-refractivity contribution >= 4 is 7.82 Å². The molecule has 0 spiro atoms. The van der Waals surface area contributed by atoms with Gasteiger partial charge in [0.05, 0.1) is 6.61 Å². The Morgan fingerprint density at radius 1 is 1.17 bits per heavy atom. The highest BCUT2D eigenvalue weighted by molar-refractivity contribution is 7.46. The van der Waals surface area contributed by atoms with Crippen LogP contribution in [0.1, 0.15) is 0 Å². The molecule has 7 N–H and O–H groups in total. The van der Waals surface area contributed by atoms with Crippen molar-refractivity contribution in [1.29, 1.82) is 0 Å². The molecule has 0 bridgehead atoms. The molecule has 1 aliphatic rings. The molecule has 1 unspecified atom stereocenters. The van der Waals surface area contributed by atoms with E-state index in [2.05, 4.69) is 4.52 Å². The van der Waals surface area contributed by atoms with E-state index in [1.807, 2.05) is 0 Å². The molecule has 1 aliphatic heterocycles. The Hall–Kier alpha value is -0.130. The molecule has 0 aromatic carbocycles. The van der Waals surface area contributed by atoms with Gasteiger partial charge in [0.15, 0.2) is 6.29 Å². The van der Waals surface area contributed by atoms with Crippen LogP contribution in [0.5, 0.6) is 0 Å². The molecule has 108 valence electrons. The Labute approximate surface area is 101 Å². The molecule has 0 aromatic heterocycles. The minimum atomic E-state index is -5.00. The van der Waals surface area contributed by atoms with Crippen molar-refractivity contribution in [2.75, 3.05) is 6.61 Å². The van der Waals surface area contributed by atoms with Crippen molar-refractivity contribution in [1.82, 2.24) is 0 Å². The quantitative estimate of drug-likeness (QED) is 0.254. The summed E-state index contributed by atoms with van der Waals surface area (Å²) in [5.41, 5.74) is 0. The number of aliphatic hydroxyl groups excluding tert-OH is 5. The number of phosphoric ester groups is 1. The Kier molecular flexibility index (Phi) is 5.21. The van der Waals surface area contributed by atoms with Crippen LogP contribution in [0.4, 0.5) is 0 Å². The molecular weight excluding hydrogens is 275 g/mol. The van der Waals surface area contributed by atoms with Gasteiger partial charge in [0.2, 0.25) is 0 Å². The molecule has 0 saturated carbocycles. The monoisotopic (exact) mass is 290 g/mol. The summed E-state index contributed by atoms with van der Waals surface area (Å²) in [5.74, 6) is 0. The number of ether oxygens (including phenoxy) is 1. The first-order valence-corrected chi connectivity index (χ1v) is 6.43. The maximum absolute atomic E-state index is 10.6. The second kappa shape index (κ2) is 5.88. The van der Waals surface area contributed by atoms with Gasteiger partial charge < -0.3 is 40.1 Å². The fourth-order valence-corrected chi connectivity index (χ4v) is 1.96. The van der Waals surface area contributed by atoms with E-state index in [0.717, 1.165) is 0 Å². The molecule has 0 amide bonds. The van der Waals surface area contributed by atoms with Gasteiger partial charge in [0.1, 0.15) is 30.5 Å². The first-order valence-electron chi connectivity index (χ1n) is 4.90. The van der Waals surface area contributed by atoms with Crippen LogP contribution in [0.25, 0.3) is 0 Å². The van der Waals surface area contributed by atoms with Gasteiger partial charge in [-0.1, -0.05) is 0 Å². The van der Waals surface area contributed by atoms with E-state index in [1.54, 1.807) is 0 Å². The lowest BCUT2D eigenvalue weighted by Gasteiger charge is -2.41. The molecule has 1 rings (SSSR count). The Bertz CT molecular complexity index is 317. The first kappa shape index (κ1) is 15.9. The Morgan fingerprint density at radius 3 is 2.17 bits per heavy atom. The highest BCUT2D eigenvalue weighted by Gasteiger charge is 2.48. The number of hydrogen-bond donors (Lipinski definition) is 7. The predicted molar refractivity (Wildman–Crippen MR) is 52.9 cm³/mol.